The molecule has 0 aromatic carbocycles. The van der Waals surface area contributed by atoms with Gasteiger partial charge in [-0.15, -0.1) is 11.3 Å². The highest BCUT2D eigenvalue weighted by atomic mass is 32.2. The van der Waals surface area contributed by atoms with Gasteiger partial charge >= 0.3 is 0 Å². The molecule has 3 N–H and O–H groups in total. The predicted octanol–water partition coefficient (Wildman–Crippen LogP) is 0.297. The summed E-state index contributed by atoms with van der Waals surface area (Å²) in [5.74, 6) is 5.30. The van der Waals surface area contributed by atoms with Crippen LogP contribution in [0, 0.1) is 0 Å². The van der Waals surface area contributed by atoms with Crippen LogP contribution in [0.5, 0.6) is 0 Å². The van der Waals surface area contributed by atoms with Crippen LogP contribution in [0.2, 0.25) is 0 Å². The van der Waals surface area contributed by atoms with Gasteiger partial charge in [-0.3, -0.25) is 11.3 Å². The molecule has 0 aliphatic heterocycles. The standard InChI is InChI=1S/C7H12N2O2S2/c1-13(10,11)5-6(9-8)7-3-2-4-12-7/h2-4,6,9H,5,8H2,1H3. The summed E-state index contributed by atoms with van der Waals surface area (Å²) in [4.78, 5) is 0.938. The van der Waals surface area contributed by atoms with Crippen molar-refractivity contribution in [1.29, 1.82) is 0 Å². The number of hydrogen-bond acceptors (Lipinski definition) is 5. The Bertz CT molecular complexity index is 345. The normalized spacial score (nSPS) is 14.3. The van der Waals surface area contributed by atoms with E-state index in [0.29, 0.717) is 0 Å². The van der Waals surface area contributed by atoms with Crippen LogP contribution >= 0.6 is 11.3 Å². The van der Waals surface area contributed by atoms with Gasteiger partial charge in [0.25, 0.3) is 0 Å². The largest absolute Gasteiger partial charge is 0.271 e. The fourth-order valence-electron chi connectivity index (χ4n) is 1.00. The number of rotatable bonds is 4. The second-order valence-corrected chi connectivity index (χ2v) is 5.99. The topological polar surface area (TPSA) is 72.2 Å². The van der Waals surface area contributed by atoms with E-state index in [1.165, 1.54) is 17.6 Å². The van der Waals surface area contributed by atoms with Crippen molar-refractivity contribution in [2.45, 2.75) is 6.04 Å². The third kappa shape index (κ3) is 3.43. The van der Waals surface area contributed by atoms with Crippen LogP contribution in [-0.4, -0.2) is 20.4 Å². The predicted molar refractivity (Wildman–Crippen MR) is 54.1 cm³/mol. The average Bonchev–Trinajstić information content (AvgIpc) is 2.50. The van der Waals surface area contributed by atoms with E-state index in [2.05, 4.69) is 5.43 Å². The maximum atomic E-state index is 11.0. The van der Waals surface area contributed by atoms with E-state index in [1.807, 2.05) is 17.5 Å². The molecule has 1 rings (SSSR count). The summed E-state index contributed by atoms with van der Waals surface area (Å²) in [6.45, 7) is 0. The maximum absolute atomic E-state index is 11.0. The zero-order chi connectivity index (χ0) is 9.90. The molecule has 1 aromatic heterocycles. The smallest absolute Gasteiger partial charge is 0.149 e. The molecule has 0 radical (unpaired) electrons. The molecule has 4 nitrogen and oxygen atoms in total. The molecule has 0 fully saturated rings. The lowest BCUT2D eigenvalue weighted by Gasteiger charge is -2.12. The SMILES string of the molecule is CS(=O)(=O)CC(NN)c1cccs1. The summed E-state index contributed by atoms with van der Waals surface area (Å²) in [5, 5.41) is 1.89. The van der Waals surface area contributed by atoms with E-state index in [0.717, 1.165) is 4.88 Å². The third-order valence-electron chi connectivity index (χ3n) is 1.56. The minimum atomic E-state index is -3.00. The first-order valence-corrected chi connectivity index (χ1v) is 6.64. The van der Waals surface area contributed by atoms with Crippen LogP contribution in [0.25, 0.3) is 0 Å². The first kappa shape index (κ1) is 10.6. The van der Waals surface area contributed by atoms with Crippen LogP contribution in [-0.2, 0) is 9.84 Å². The number of hydrazine groups is 1. The van der Waals surface area contributed by atoms with E-state index in [4.69, 9.17) is 5.84 Å². The molecule has 74 valence electrons. The highest BCUT2D eigenvalue weighted by Gasteiger charge is 2.16. The summed E-state index contributed by atoms with van der Waals surface area (Å²) in [6, 6.07) is 3.43. The Balaban J connectivity index is 2.76. The summed E-state index contributed by atoms with van der Waals surface area (Å²) in [7, 11) is -3.00. The van der Waals surface area contributed by atoms with Crippen LogP contribution in [0.3, 0.4) is 0 Å². The number of thiophene rings is 1. The Morgan fingerprint density at radius 1 is 1.69 bits per heavy atom. The molecule has 0 saturated carbocycles. The van der Waals surface area contributed by atoms with Gasteiger partial charge < -0.3 is 0 Å². The minimum Gasteiger partial charge on any atom is -0.271 e. The van der Waals surface area contributed by atoms with Gasteiger partial charge in [-0.2, -0.15) is 0 Å². The first-order chi connectivity index (χ1) is 6.03. The van der Waals surface area contributed by atoms with Crippen molar-refractivity contribution in [3.63, 3.8) is 0 Å². The van der Waals surface area contributed by atoms with Crippen LogP contribution in [0.15, 0.2) is 17.5 Å². The summed E-state index contributed by atoms with van der Waals surface area (Å²) >= 11 is 1.49. The van der Waals surface area contributed by atoms with Gasteiger partial charge in [-0.25, -0.2) is 8.42 Å². The Morgan fingerprint density at radius 2 is 2.38 bits per heavy atom. The number of nitrogens with one attached hydrogen (secondary N) is 1. The molecule has 6 heteroatoms. The lowest BCUT2D eigenvalue weighted by molar-refractivity contribution is 0.568. The Morgan fingerprint density at radius 3 is 2.77 bits per heavy atom. The van der Waals surface area contributed by atoms with Crippen LogP contribution < -0.4 is 11.3 Å². The van der Waals surface area contributed by atoms with Gasteiger partial charge in [0.2, 0.25) is 0 Å². The van der Waals surface area contributed by atoms with Crippen molar-refractivity contribution in [2.75, 3.05) is 12.0 Å². The van der Waals surface area contributed by atoms with E-state index in [9.17, 15) is 8.42 Å². The molecular weight excluding hydrogens is 208 g/mol. The molecule has 0 aliphatic rings. The number of hydrogen-bond donors (Lipinski definition) is 2. The molecule has 13 heavy (non-hydrogen) atoms. The molecule has 1 unspecified atom stereocenters. The van der Waals surface area contributed by atoms with Gasteiger partial charge in [-0.1, -0.05) is 6.07 Å². The van der Waals surface area contributed by atoms with Gasteiger partial charge in [-0.05, 0) is 11.4 Å². The van der Waals surface area contributed by atoms with E-state index >= 15 is 0 Å². The van der Waals surface area contributed by atoms with Crippen LogP contribution in [0.4, 0.5) is 0 Å². The van der Waals surface area contributed by atoms with Crippen molar-refractivity contribution in [3.05, 3.63) is 22.4 Å². The lowest BCUT2D eigenvalue weighted by Crippen LogP contribution is -2.32. The molecule has 0 spiro atoms. The zero-order valence-electron chi connectivity index (χ0n) is 7.23. The molecular formula is C7H12N2O2S2. The third-order valence-corrected chi connectivity index (χ3v) is 3.48. The Hall–Kier alpha value is -0.430. The lowest BCUT2D eigenvalue weighted by atomic mass is 10.3. The molecule has 1 heterocycles. The van der Waals surface area contributed by atoms with Gasteiger partial charge in [0.05, 0.1) is 11.8 Å². The van der Waals surface area contributed by atoms with E-state index < -0.39 is 9.84 Å². The monoisotopic (exact) mass is 220 g/mol. The Kier molecular flexibility index (Phi) is 3.43. The molecule has 0 aliphatic carbocycles. The van der Waals surface area contributed by atoms with Gasteiger partial charge in [0, 0.05) is 11.1 Å². The molecule has 0 bridgehead atoms. The second kappa shape index (κ2) is 4.19. The van der Waals surface area contributed by atoms with Crippen molar-refractivity contribution in [3.8, 4) is 0 Å². The van der Waals surface area contributed by atoms with Crippen molar-refractivity contribution >= 4 is 21.2 Å². The number of sulfone groups is 1. The van der Waals surface area contributed by atoms with Crippen LogP contribution in [0.1, 0.15) is 10.9 Å². The minimum absolute atomic E-state index is 0.0318. The maximum Gasteiger partial charge on any atom is 0.149 e. The van der Waals surface area contributed by atoms with Crippen molar-refractivity contribution in [1.82, 2.24) is 5.43 Å². The van der Waals surface area contributed by atoms with Crippen molar-refractivity contribution < 1.29 is 8.42 Å². The average molecular weight is 220 g/mol. The van der Waals surface area contributed by atoms with Crippen molar-refractivity contribution in [2.24, 2.45) is 5.84 Å². The van der Waals surface area contributed by atoms with E-state index in [-0.39, 0.29) is 11.8 Å². The Labute approximate surface area is 81.7 Å². The summed E-state index contributed by atoms with van der Waals surface area (Å²) in [6.07, 6.45) is 1.20. The quantitative estimate of drug-likeness (QED) is 0.565. The molecule has 0 saturated heterocycles. The molecule has 1 atom stereocenters. The fraction of sp³-hybridized carbons (Fsp3) is 0.429. The second-order valence-electron chi connectivity index (χ2n) is 2.83. The van der Waals surface area contributed by atoms with Gasteiger partial charge in [0.1, 0.15) is 9.84 Å². The molecule has 1 aromatic rings. The van der Waals surface area contributed by atoms with E-state index in [1.54, 1.807) is 0 Å². The fourth-order valence-corrected chi connectivity index (χ4v) is 2.78. The van der Waals surface area contributed by atoms with Gasteiger partial charge in [0.15, 0.2) is 0 Å². The summed E-state index contributed by atoms with van der Waals surface area (Å²) < 4.78 is 22.0. The first-order valence-electron chi connectivity index (χ1n) is 3.70. The molecule has 0 amide bonds. The zero-order valence-corrected chi connectivity index (χ0v) is 8.86. The number of nitrogens with two attached hydrogens (primary N) is 1. The summed E-state index contributed by atoms with van der Waals surface area (Å²) in [5.41, 5.74) is 2.49. The highest BCUT2D eigenvalue weighted by Crippen LogP contribution is 2.19. The highest BCUT2D eigenvalue weighted by molar-refractivity contribution is 7.90.